The first-order valence-electron chi connectivity index (χ1n) is 7.27. The van der Waals surface area contributed by atoms with Gasteiger partial charge in [0.2, 0.25) is 0 Å². The van der Waals surface area contributed by atoms with Gasteiger partial charge in [-0.3, -0.25) is 5.10 Å². The second-order valence-electron chi connectivity index (χ2n) is 5.38. The number of hydrogen-bond donors (Lipinski definition) is 2. The van der Waals surface area contributed by atoms with Gasteiger partial charge in [0.25, 0.3) is 0 Å². The molecular formula is C17H8F3N5O. The number of nitrogens with one attached hydrogen (secondary N) is 1. The van der Waals surface area contributed by atoms with Crippen molar-refractivity contribution in [2.24, 2.45) is 0 Å². The first-order valence-corrected chi connectivity index (χ1v) is 7.27. The smallest absolute Gasteiger partial charge is 0.177 e. The fraction of sp³-hybridized carbons (Fsp3) is 0. The number of pyridine rings is 1. The van der Waals surface area contributed by atoms with Gasteiger partial charge in [-0.2, -0.15) is 10.4 Å². The minimum atomic E-state index is -0.929. The Morgan fingerprint density at radius 1 is 1.23 bits per heavy atom. The highest BCUT2D eigenvalue weighted by molar-refractivity contribution is 5.95. The van der Waals surface area contributed by atoms with Crippen molar-refractivity contribution in [1.82, 2.24) is 15.2 Å². The zero-order chi connectivity index (χ0) is 18.4. The van der Waals surface area contributed by atoms with Gasteiger partial charge in [0.05, 0.1) is 23.1 Å². The number of rotatable bonds is 2. The Hall–Kier alpha value is -3.80. The van der Waals surface area contributed by atoms with E-state index in [9.17, 15) is 18.4 Å². The van der Waals surface area contributed by atoms with E-state index < -0.39 is 23.3 Å². The van der Waals surface area contributed by atoms with E-state index in [0.717, 1.165) is 6.07 Å². The zero-order valence-electron chi connectivity index (χ0n) is 12.8. The molecule has 4 rings (SSSR count). The first kappa shape index (κ1) is 15.7. The van der Waals surface area contributed by atoms with Crippen molar-refractivity contribution in [1.29, 1.82) is 5.26 Å². The highest BCUT2D eigenvalue weighted by Gasteiger charge is 2.25. The molecule has 0 bridgehead atoms. The maximum Gasteiger partial charge on any atom is 0.177 e. The van der Waals surface area contributed by atoms with Crippen LogP contribution < -0.4 is 5.73 Å². The molecule has 26 heavy (non-hydrogen) atoms. The lowest BCUT2D eigenvalue weighted by atomic mass is 10.0. The minimum Gasteiger partial charge on any atom is -0.464 e. The van der Waals surface area contributed by atoms with Gasteiger partial charge in [-0.15, -0.1) is 0 Å². The van der Waals surface area contributed by atoms with E-state index in [-0.39, 0.29) is 39.2 Å². The maximum atomic E-state index is 14.5. The van der Waals surface area contributed by atoms with Gasteiger partial charge in [-0.25, -0.2) is 18.2 Å². The van der Waals surface area contributed by atoms with Crippen LogP contribution in [0.25, 0.3) is 33.6 Å². The number of anilines is 1. The molecule has 0 aliphatic carbocycles. The second kappa shape index (κ2) is 5.63. The predicted molar refractivity (Wildman–Crippen MR) is 86.0 cm³/mol. The standard InChI is InChI=1S/C17H8F3N5O/c18-7-4-8-14(10(19)5-7)24-25-16(8)15-9(6-21)12(11-2-1-3-26-11)13(20)17(22)23-15/h1-5H,(H2,22,23)(H,24,25). The molecule has 9 heteroatoms. The van der Waals surface area contributed by atoms with Crippen LogP contribution in [0.2, 0.25) is 0 Å². The Bertz CT molecular complexity index is 1190. The van der Waals surface area contributed by atoms with Crippen LogP contribution >= 0.6 is 0 Å². The van der Waals surface area contributed by atoms with Crippen molar-refractivity contribution < 1.29 is 17.6 Å². The molecule has 3 aromatic heterocycles. The van der Waals surface area contributed by atoms with Crippen LogP contribution in [0.15, 0.2) is 34.9 Å². The molecule has 0 saturated carbocycles. The molecule has 0 saturated heterocycles. The third-order valence-corrected chi connectivity index (χ3v) is 3.86. The highest BCUT2D eigenvalue weighted by Crippen LogP contribution is 2.37. The molecule has 0 aliphatic rings. The number of hydrogen-bond acceptors (Lipinski definition) is 5. The summed E-state index contributed by atoms with van der Waals surface area (Å²) in [6.07, 6.45) is 1.31. The molecule has 0 aliphatic heterocycles. The number of nitrogen functional groups attached to an aromatic ring is 1. The van der Waals surface area contributed by atoms with Crippen LogP contribution in [0.5, 0.6) is 0 Å². The summed E-state index contributed by atoms with van der Waals surface area (Å²) in [6.45, 7) is 0. The molecule has 0 atom stereocenters. The van der Waals surface area contributed by atoms with Crippen molar-refractivity contribution in [2.75, 3.05) is 5.73 Å². The second-order valence-corrected chi connectivity index (χ2v) is 5.38. The maximum absolute atomic E-state index is 14.5. The number of fused-ring (bicyclic) bond motifs is 1. The van der Waals surface area contributed by atoms with E-state index in [1.807, 2.05) is 6.07 Å². The summed E-state index contributed by atoms with van der Waals surface area (Å²) in [5, 5.41) is 15.9. The quantitative estimate of drug-likeness (QED) is 0.570. The zero-order valence-corrected chi connectivity index (χ0v) is 12.8. The van der Waals surface area contributed by atoms with Crippen LogP contribution in [-0.4, -0.2) is 15.2 Å². The number of halogens is 3. The van der Waals surface area contributed by atoms with Crippen LogP contribution in [0, 0.1) is 28.8 Å². The molecule has 0 radical (unpaired) electrons. The molecule has 6 nitrogen and oxygen atoms in total. The SMILES string of the molecule is N#Cc1c(-c2[nH]nc3c(F)cc(F)cc23)nc(N)c(F)c1-c1ccco1. The third kappa shape index (κ3) is 2.20. The summed E-state index contributed by atoms with van der Waals surface area (Å²) in [5.41, 5.74) is 5.04. The van der Waals surface area contributed by atoms with E-state index in [0.29, 0.717) is 6.07 Å². The largest absolute Gasteiger partial charge is 0.464 e. The van der Waals surface area contributed by atoms with E-state index in [1.165, 1.54) is 18.4 Å². The number of nitrogens with two attached hydrogens (primary N) is 1. The average Bonchev–Trinajstić information content (AvgIpc) is 3.26. The van der Waals surface area contributed by atoms with Crippen LogP contribution in [0.1, 0.15) is 5.56 Å². The number of aromatic amines is 1. The summed E-state index contributed by atoms with van der Waals surface area (Å²) >= 11 is 0. The summed E-state index contributed by atoms with van der Waals surface area (Å²) in [5.74, 6) is -3.08. The van der Waals surface area contributed by atoms with Gasteiger partial charge in [0, 0.05) is 11.5 Å². The van der Waals surface area contributed by atoms with Crippen LogP contribution in [-0.2, 0) is 0 Å². The molecule has 0 unspecified atom stereocenters. The number of H-pyrrole nitrogens is 1. The Balaban J connectivity index is 2.10. The summed E-state index contributed by atoms with van der Waals surface area (Å²) in [7, 11) is 0. The van der Waals surface area contributed by atoms with E-state index in [4.69, 9.17) is 10.2 Å². The normalized spacial score (nSPS) is 11.0. The number of furan rings is 1. The topological polar surface area (TPSA) is 105 Å². The Labute approximate surface area is 143 Å². The Morgan fingerprint density at radius 2 is 2.04 bits per heavy atom. The third-order valence-electron chi connectivity index (χ3n) is 3.86. The van der Waals surface area contributed by atoms with E-state index in [2.05, 4.69) is 15.2 Å². The molecule has 4 aromatic rings. The Kier molecular flexibility index (Phi) is 3.40. The van der Waals surface area contributed by atoms with E-state index in [1.54, 1.807) is 0 Å². The first-order chi connectivity index (χ1) is 12.5. The molecule has 128 valence electrons. The molecule has 0 spiro atoms. The van der Waals surface area contributed by atoms with Gasteiger partial charge in [-0.05, 0) is 18.2 Å². The van der Waals surface area contributed by atoms with Crippen molar-refractivity contribution >= 4 is 16.7 Å². The molecule has 0 fully saturated rings. The van der Waals surface area contributed by atoms with E-state index >= 15 is 0 Å². The Morgan fingerprint density at radius 3 is 2.73 bits per heavy atom. The van der Waals surface area contributed by atoms with Gasteiger partial charge >= 0.3 is 0 Å². The summed E-state index contributed by atoms with van der Waals surface area (Å²) in [6, 6.07) is 6.53. The van der Waals surface area contributed by atoms with Crippen LogP contribution in [0.3, 0.4) is 0 Å². The van der Waals surface area contributed by atoms with Crippen molar-refractivity contribution in [3.05, 3.63) is 53.5 Å². The van der Waals surface area contributed by atoms with Gasteiger partial charge < -0.3 is 10.2 Å². The molecule has 0 amide bonds. The number of aromatic nitrogens is 3. The van der Waals surface area contributed by atoms with Crippen LogP contribution in [0.4, 0.5) is 19.0 Å². The number of nitrogens with zero attached hydrogens (tertiary/aromatic N) is 3. The number of benzene rings is 1. The monoisotopic (exact) mass is 355 g/mol. The van der Waals surface area contributed by atoms with Crippen molar-refractivity contribution in [3.8, 4) is 28.8 Å². The lowest BCUT2D eigenvalue weighted by Gasteiger charge is -2.10. The molecule has 1 aromatic carbocycles. The molecule has 3 heterocycles. The lowest BCUT2D eigenvalue weighted by molar-refractivity contribution is 0.569. The van der Waals surface area contributed by atoms with Gasteiger partial charge in [-0.1, -0.05) is 0 Å². The van der Waals surface area contributed by atoms with Crippen molar-refractivity contribution in [3.63, 3.8) is 0 Å². The minimum absolute atomic E-state index is 0.0365. The predicted octanol–water partition coefficient (Wildman–Crippen LogP) is 3.76. The molecular weight excluding hydrogens is 347 g/mol. The van der Waals surface area contributed by atoms with Gasteiger partial charge in [0.1, 0.15) is 28.9 Å². The average molecular weight is 355 g/mol. The van der Waals surface area contributed by atoms with Gasteiger partial charge in [0.15, 0.2) is 17.5 Å². The fourth-order valence-corrected chi connectivity index (χ4v) is 2.75. The number of nitriles is 1. The van der Waals surface area contributed by atoms with Crippen molar-refractivity contribution in [2.45, 2.75) is 0 Å². The fourth-order valence-electron chi connectivity index (χ4n) is 2.75. The highest BCUT2D eigenvalue weighted by atomic mass is 19.1. The summed E-state index contributed by atoms with van der Waals surface area (Å²) < 4.78 is 47.2. The summed E-state index contributed by atoms with van der Waals surface area (Å²) in [4.78, 5) is 3.89. The lowest BCUT2D eigenvalue weighted by Crippen LogP contribution is -2.04. The molecule has 3 N–H and O–H groups in total.